The predicted octanol–water partition coefficient (Wildman–Crippen LogP) is 5.33. The monoisotopic (exact) mass is 524 g/mol. The van der Waals surface area contributed by atoms with Gasteiger partial charge in [0.05, 0.1) is 18.9 Å². The summed E-state index contributed by atoms with van der Waals surface area (Å²) in [7, 11) is 1.47. The van der Waals surface area contributed by atoms with Gasteiger partial charge in [0.15, 0.2) is 18.1 Å². The van der Waals surface area contributed by atoms with Crippen LogP contribution in [0.2, 0.25) is 0 Å². The number of methoxy groups -OCH3 is 1. The van der Waals surface area contributed by atoms with Gasteiger partial charge < -0.3 is 14.2 Å². The van der Waals surface area contributed by atoms with Gasteiger partial charge in [-0.3, -0.25) is 4.79 Å². The molecule has 0 aliphatic heterocycles. The van der Waals surface area contributed by atoms with Crippen LogP contribution in [0.15, 0.2) is 76.3 Å². The van der Waals surface area contributed by atoms with E-state index in [1.54, 1.807) is 36.4 Å². The molecule has 7 nitrogen and oxygen atoms in total. The van der Waals surface area contributed by atoms with Crippen molar-refractivity contribution in [2.75, 3.05) is 13.7 Å². The third-order valence-electron chi connectivity index (χ3n) is 4.77. The maximum absolute atomic E-state index is 12.4. The van der Waals surface area contributed by atoms with E-state index in [4.69, 9.17) is 14.2 Å². The first kappa shape index (κ1) is 25.0. The lowest BCUT2D eigenvalue weighted by atomic mass is 10.0. The van der Waals surface area contributed by atoms with Crippen LogP contribution in [-0.2, 0) is 4.79 Å². The zero-order valence-corrected chi connectivity index (χ0v) is 20.7. The molecule has 0 atom stereocenters. The molecule has 0 unspecified atom stereocenters. The minimum absolute atomic E-state index is 0.161. The van der Waals surface area contributed by atoms with E-state index in [-0.39, 0.29) is 12.4 Å². The number of amides is 1. The van der Waals surface area contributed by atoms with E-state index in [1.165, 1.54) is 18.9 Å². The van der Waals surface area contributed by atoms with E-state index in [9.17, 15) is 9.59 Å². The van der Waals surface area contributed by atoms with Crippen molar-refractivity contribution in [3.05, 3.63) is 87.9 Å². The number of rotatable bonds is 9. The Kier molecular flexibility index (Phi) is 8.81. The fourth-order valence-electron chi connectivity index (χ4n) is 2.93. The van der Waals surface area contributed by atoms with E-state index in [2.05, 4.69) is 40.3 Å². The average molecular weight is 525 g/mol. The maximum atomic E-state index is 12.4. The number of ether oxygens (including phenoxy) is 3. The second-order valence-electron chi connectivity index (χ2n) is 7.62. The van der Waals surface area contributed by atoms with Gasteiger partial charge in [0, 0.05) is 4.47 Å². The number of esters is 1. The van der Waals surface area contributed by atoms with Crippen molar-refractivity contribution in [3.8, 4) is 17.2 Å². The second kappa shape index (κ2) is 12.0. The van der Waals surface area contributed by atoms with Gasteiger partial charge in [0.2, 0.25) is 0 Å². The van der Waals surface area contributed by atoms with Crippen LogP contribution in [0.4, 0.5) is 0 Å². The molecule has 0 aromatic heterocycles. The number of nitrogens with one attached hydrogen (secondary N) is 1. The predicted molar refractivity (Wildman–Crippen MR) is 134 cm³/mol. The summed E-state index contributed by atoms with van der Waals surface area (Å²) in [6.45, 7) is 4.06. The normalized spacial score (nSPS) is 10.9. The summed E-state index contributed by atoms with van der Waals surface area (Å²) in [5.74, 6) is 0.763. The van der Waals surface area contributed by atoms with Crippen LogP contribution in [0.5, 0.6) is 17.2 Å². The number of hydrazone groups is 1. The van der Waals surface area contributed by atoms with Gasteiger partial charge in [-0.25, -0.2) is 10.2 Å². The third kappa shape index (κ3) is 7.18. The molecule has 1 amide bonds. The number of carbonyl (C=O) groups excluding carboxylic acids is 2. The van der Waals surface area contributed by atoms with Crippen LogP contribution >= 0.6 is 15.9 Å². The Labute approximate surface area is 206 Å². The molecule has 0 saturated carbocycles. The fourth-order valence-corrected chi connectivity index (χ4v) is 3.33. The molecule has 34 heavy (non-hydrogen) atoms. The van der Waals surface area contributed by atoms with Crippen LogP contribution in [0.3, 0.4) is 0 Å². The van der Waals surface area contributed by atoms with E-state index >= 15 is 0 Å². The van der Waals surface area contributed by atoms with E-state index in [0.717, 1.165) is 4.47 Å². The zero-order chi connectivity index (χ0) is 24.5. The number of benzene rings is 3. The topological polar surface area (TPSA) is 86.2 Å². The molecule has 0 saturated heterocycles. The van der Waals surface area contributed by atoms with Gasteiger partial charge in [0.1, 0.15) is 5.75 Å². The van der Waals surface area contributed by atoms with E-state index < -0.39 is 11.9 Å². The molecule has 0 bridgehead atoms. The van der Waals surface area contributed by atoms with Crippen LogP contribution in [0, 0.1) is 0 Å². The minimum atomic E-state index is -0.507. The van der Waals surface area contributed by atoms with Crippen molar-refractivity contribution in [2.24, 2.45) is 5.10 Å². The molecule has 0 radical (unpaired) electrons. The SMILES string of the molecule is COc1cc(/C=N\NC(=O)COc2ccc(C(C)C)cc2)ccc1OC(=O)c1cccc(Br)c1. The van der Waals surface area contributed by atoms with Crippen LogP contribution in [-0.4, -0.2) is 31.8 Å². The average Bonchev–Trinajstić information content (AvgIpc) is 2.83. The zero-order valence-electron chi connectivity index (χ0n) is 19.1. The summed E-state index contributed by atoms with van der Waals surface area (Å²) in [5.41, 5.74) is 4.67. The van der Waals surface area contributed by atoms with Crippen molar-refractivity contribution in [1.82, 2.24) is 5.43 Å². The molecule has 3 rings (SSSR count). The molecule has 8 heteroatoms. The highest BCUT2D eigenvalue weighted by molar-refractivity contribution is 9.10. The standard InChI is InChI=1S/C26H25BrN2O5/c1-17(2)19-8-10-22(11-9-19)33-16-25(30)29-28-15-18-7-12-23(24(13-18)32-3)34-26(31)20-5-4-6-21(27)14-20/h4-15,17H,16H2,1-3H3,(H,29,30)/b28-15-. The fraction of sp³-hybridized carbons (Fsp3) is 0.192. The third-order valence-corrected chi connectivity index (χ3v) is 5.26. The quantitative estimate of drug-likeness (QED) is 0.177. The first-order valence-electron chi connectivity index (χ1n) is 10.6. The van der Waals surface area contributed by atoms with Crippen molar-refractivity contribution < 1.29 is 23.8 Å². The summed E-state index contributed by atoms with van der Waals surface area (Å²) < 4.78 is 17.0. The highest BCUT2D eigenvalue weighted by atomic mass is 79.9. The largest absolute Gasteiger partial charge is 0.493 e. The molecule has 0 heterocycles. The molecule has 1 N–H and O–H groups in total. The molecule has 0 aliphatic carbocycles. The van der Waals surface area contributed by atoms with Gasteiger partial charge in [-0.15, -0.1) is 0 Å². The van der Waals surface area contributed by atoms with Gasteiger partial charge in [-0.2, -0.15) is 5.10 Å². The van der Waals surface area contributed by atoms with Crippen LogP contribution in [0.1, 0.15) is 41.3 Å². The van der Waals surface area contributed by atoms with E-state index in [1.807, 2.05) is 30.3 Å². The molecular weight excluding hydrogens is 500 g/mol. The number of carbonyl (C=O) groups is 2. The Bertz CT molecular complexity index is 1180. The number of hydrogen-bond acceptors (Lipinski definition) is 6. The number of hydrogen-bond donors (Lipinski definition) is 1. The highest BCUT2D eigenvalue weighted by Gasteiger charge is 2.13. The van der Waals surface area contributed by atoms with Gasteiger partial charge in [0.25, 0.3) is 5.91 Å². The van der Waals surface area contributed by atoms with Crippen molar-refractivity contribution >= 4 is 34.0 Å². The lowest BCUT2D eigenvalue weighted by Crippen LogP contribution is -2.24. The Morgan fingerprint density at radius 2 is 1.79 bits per heavy atom. The summed E-state index contributed by atoms with van der Waals surface area (Å²) in [6.07, 6.45) is 1.46. The summed E-state index contributed by atoms with van der Waals surface area (Å²) in [4.78, 5) is 24.4. The summed E-state index contributed by atoms with van der Waals surface area (Å²) >= 11 is 3.33. The first-order chi connectivity index (χ1) is 16.4. The van der Waals surface area contributed by atoms with Crippen molar-refractivity contribution in [1.29, 1.82) is 0 Å². The Hall–Kier alpha value is -3.65. The summed E-state index contributed by atoms with van der Waals surface area (Å²) in [6, 6.07) is 19.5. The Morgan fingerprint density at radius 3 is 2.47 bits per heavy atom. The van der Waals surface area contributed by atoms with Crippen LogP contribution in [0.25, 0.3) is 0 Å². The molecule has 3 aromatic carbocycles. The molecule has 3 aromatic rings. The van der Waals surface area contributed by atoms with Gasteiger partial charge >= 0.3 is 5.97 Å². The molecule has 176 valence electrons. The molecule has 0 aliphatic rings. The van der Waals surface area contributed by atoms with Crippen molar-refractivity contribution in [3.63, 3.8) is 0 Å². The van der Waals surface area contributed by atoms with Gasteiger partial charge in [-0.05, 0) is 65.6 Å². The Morgan fingerprint density at radius 1 is 1.03 bits per heavy atom. The lowest BCUT2D eigenvalue weighted by Gasteiger charge is -2.10. The van der Waals surface area contributed by atoms with E-state index in [0.29, 0.717) is 28.5 Å². The first-order valence-corrected chi connectivity index (χ1v) is 11.4. The molecule has 0 fully saturated rings. The lowest BCUT2D eigenvalue weighted by molar-refractivity contribution is -0.123. The van der Waals surface area contributed by atoms with Crippen LogP contribution < -0.4 is 19.6 Å². The molecular formula is C26H25BrN2O5. The van der Waals surface area contributed by atoms with Gasteiger partial charge in [-0.1, -0.05) is 48.0 Å². The summed E-state index contributed by atoms with van der Waals surface area (Å²) in [5, 5.41) is 3.94. The van der Waals surface area contributed by atoms with Crippen molar-refractivity contribution in [2.45, 2.75) is 19.8 Å². The Balaban J connectivity index is 1.54. The second-order valence-corrected chi connectivity index (χ2v) is 8.53. The molecule has 0 spiro atoms. The number of halogens is 1. The maximum Gasteiger partial charge on any atom is 0.343 e. The highest BCUT2D eigenvalue weighted by Crippen LogP contribution is 2.28. The minimum Gasteiger partial charge on any atom is -0.493 e. The number of nitrogens with zero attached hydrogens (tertiary/aromatic N) is 1. The smallest absolute Gasteiger partial charge is 0.343 e.